The first kappa shape index (κ1) is 24.5. The molecular weight excluding hydrogens is 454 g/mol. The third-order valence-electron chi connectivity index (χ3n) is 5.55. The molecule has 4 aromatic rings. The van der Waals surface area contributed by atoms with Crippen LogP contribution in [0.25, 0.3) is 0 Å². The Balaban J connectivity index is 1.36. The van der Waals surface area contributed by atoms with Crippen molar-refractivity contribution in [3.05, 3.63) is 119 Å². The van der Waals surface area contributed by atoms with Crippen LogP contribution in [0.15, 0.2) is 91.0 Å². The average molecular weight is 482 g/mol. The lowest BCUT2D eigenvalue weighted by Gasteiger charge is -2.13. The van der Waals surface area contributed by atoms with Gasteiger partial charge in [0.2, 0.25) is 5.91 Å². The van der Waals surface area contributed by atoms with Gasteiger partial charge in [0.1, 0.15) is 23.9 Å². The number of carboxylic acid groups (broad SMARTS) is 1. The molecule has 0 aliphatic carbocycles. The van der Waals surface area contributed by atoms with E-state index in [0.717, 1.165) is 16.7 Å². The van der Waals surface area contributed by atoms with Crippen molar-refractivity contribution in [3.63, 3.8) is 0 Å². The summed E-state index contributed by atoms with van der Waals surface area (Å²) in [7, 11) is 0. The SMILES string of the molecule is Cc1cc(C)c(NC(=O)Cc2ccc(Oc3cccc(OCc4ccccc4)c3)cc2)c(C(=O)O)c1. The summed E-state index contributed by atoms with van der Waals surface area (Å²) in [6.45, 7) is 4.07. The summed E-state index contributed by atoms with van der Waals surface area (Å²) in [5.41, 5.74) is 3.81. The maximum Gasteiger partial charge on any atom is 0.337 e. The first-order valence-corrected chi connectivity index (χ1v) is 11.6. The minimum Gasteiger partial charge on any atom is -0.489 e. The van der Waals surface area contributed by atoms with Gasteiger partial charge in [-0.3, -0.25) is 4.79 Å². The van der Waals surface area contributed by atoms with Crippen LogP contribution in [0.1, 0.15) is 32.6 Å². The van der Waals surface area contributed by atoms with Gasteiger partial charge >= 0.3 is 5.97 Å². The Hall–Kier alpha value is -4.58. The van der Waals surface area contributed by atoms with Crippen LogP contribution in [0.3, 0.4) is 0 Å². The molecule has 0 bridgehead atoms. The van der Waals surface area contributed by atoms with Gasteiger partial charge in [-0.05, 0) is 66.4 Å². The molecule has 0 aliphatic rings. The highest BCUT2D eigenvalue weighted by atomic mass is 16.5. The zero-order valence-electron chi connectivity index (χ0n) is 20.2. The third-order valence-corrected chi connectivity index (χ3v) is 5.55. The van der Waals surface area contributed by atoms with Gasteiger partial charge in [0.25, 0.3) is 0 Å². The Morgan fingerprint density at radius 2 is 1.50 bits per heavy atom. The van der Waals surface area contributed by atoms with E-state index in [9.17, 15) is 14.7 Å². The van der Waals surface area contributed by atoms with E-state index in [4.69, 9.17) is 9.47 Å². The van der Waals surface area contributed by atoms with Crippen LogP contribution in [-0.2, 0) is 17.8 Å². The number of aryl methyl sites for hydroxylation is 2. The van der Waals surface area contributed by atoms with Gasteiger partial charge in [0.15, 0.2) is 0 Å². The summed E-state index contributed by atoms with van der Waals surface area (Å²) in [4.78, 5) is 24.2. The largest absolute Gasteiger partial charge is 0.489 e. The highest BCUT2D eigenvalue weighted by Crippen LogP contribution is 2.27. The fraction of sp³-hybridized carbons (Fsp3) is 0.133. The lowest BCUT2D eigenvalue weighted by molar-refractivity contribution is -0.115. The van der Waals surface area contributed by atoms with Gasteiger partial charge in [-0.1, -0.05) is 54.6 Å². The molecule has 0 aliphatic heterocycles. The second-order valence-corrected chi connectivity index (χ2v) is 8.53. The second-order valence-electron chi connectivity index (χ2n) is 8.53. The molecule has 1 amide bonds. The number of hydrogen-bond acceptors (Lipinski definition) is 4. The lowest BCUT2D eigenvalue weighted by atomic mass is 10.0. The molecule has 0 saturated carbocycles. The van der Waals surface area contributed by atoms with E-state index in [1.165, 1.54) is 0 Å². The number of nitrogens with one attached hydrogen (secondary N) is 1. The number of anilines is 1. The predicted octanol–water partition coefficient (Wildman–Crippen LogP) is 6.55. The molecule has 0 aromatic heterocycles. The van der Waals surface area contributed by atoms with E-state index in [0.29, 0.717) is 35.1 Å². The van der Waals surface area contributed by atoms with Crippen molar-refractivity contribution in [2.75, 3.05) is 5.32 Å². The zero-order valence-corrected chi connectivity index (χ0v) is 20.2. The van der Waals surface area contributed by atoms with Crippen molar-refractivity contribution in [1.29, 1.82) is 0 Å². The maximum atomic E-state index is 12.6. The first-order chi connectivity index (χ1) is 17.4. The van der Waals surface area contributed by atoms with Crippen molar-refractivity contribution < 1.29 is 24.2 Å². The highest BCUT2D eigenvalue weighted by Gasteiger charge is 2.16. The number of hydrogen-bond donors (Lipinski definition) is 2. The monoisotopic (exact) mass is 481 g/mol. The minimum atomic E-state index is -1.08. The molecule has 0 unspecified atom stereocenters. The fourth-order valence-corrected chi connectivity index (χ4v) is 3.85. The van der Waals surface area contributed by atoms with Crippen molar-refractivity contribution >= 4 is 17.6 Å². The van der Waals surface area contributed by atoms with Crippen LogP contribution in [0.5, 0.6) is 17.2 Å². The van der Waals surface area contributed by atoms with E-state index in [1.807, 2.05) is 79.7 Å². The molecule has 36 heavy (non-hydrogen) atoms. The van der Waals surface area contributed by atoms with Crippen LogP contribution in [-0.4, -0.2) is 17.0 Å². The Bertz CT molecular complexity index is 1360. The zero-order chi connectivity index (χ0) is 25.5. The molecule has 0 atom stereocenters. The van der Waals surface area contributed by atoms with Crippen molar-refractivity contribution in [3.8, 4) is 17.2 Å². The van der Waals surface area contributed by atoms with Crippen molar-refractivity contribution in [1.82, 2.24) is 0 Å². The molecule has 0 fully saturated rings. The summed E-state index contributed by atoms with van der Waals surface area (Å²) in [6.07, 6.45) is 0.107. The molecular formula is C30H27NO5. The van der Waals surface area contributed by atoms with E-state index in [2.05, 4.69) is 5.32 Å². The quantitative estimate of drug-likeness (QED) is 0.283. The lowest BCUT2D eigenvalue weighted by Crippen LogP contribution is -2.18. The molecule has 4 aromatic carbocycles. The van der Waals surface area contributed by atoms with E-state index in [1.54, 1.807) is 25.1 Å². The Kier molecular flexibility index (Phi) is 7.66. The van der Waals surface area contributed by atoms with Crippen LogP contribution in [0, 0.1) is 13.8 Å². The van der Waals surface area contributed by atoms with Crippen LogP contribution < -0.4 is 14.8 Å². The molecule has 0 saturated heterocycles. The van der Waals surface area contributed by atoms with Crippen molar-refractivity contribution in [2.24, 2.45) is 0 Å². The van der Waals surface area contributed by atoms with Crippen LogP contribution >= 0.6 is 0 Å². The normalized spacial score (nSPS) is 10.5. The molecule has 0 spiro atoms. The number of amides is 1. The number of aromatic carboxylic acids is 1. The molecule has 4 rings (SSSR count). The number of carbonyl (C=O) groups is 2. The van der Waals surface area contributed by atoms with Gasteiger partial charge < -0.3 is 19.9 Å². The topological polar surface area (TPSA) is 84.9 Å². The Morgan fingerprint density at radius 3 is 2.22 bits per heavy atom. The van der Waals surface area contributed by atoms with Gasteiger partial charge in [0, 0.05) is 6.07 Å². The van der Waals surface area contributed by atoms with E-state index >= 15 is 0 Å². The number of benzene rings is 4. The third kappa shape index (κ3) is 6.51. The van der Waals surface area contributed by atoms with Gasteiger partial charge in [-0.25, -0.2) is 4.79 Å². The average Bonchev–Trinajstić information content (AvgIpc) is 2.86. The standard InChI is InChI=1S/C30H27NO5/c1-20-15-21(2)29(27(16-20)30(33)34)31-28(32)17-22-11-13-24(14-12-22)36-26-10-6-9-25(18-26)35-19-23-7-4-3-5-8-23/h3-16,18H,17,19H2,1-2H3,(H,31,32)(H,33,34). The predicted molar refractivity (Wildman–Crippen MR) is 139 cm³/mol. The maximum absolute atomic E-state index is 12.6. The Labute approximate surface area is 210 Å². The van der Waals surface area contributed by atoms with E-state index < -0.39 is 5.97 Å². The summed E-state index contributed by atoms with van der Waals surface area (Å²) in [5, 5.41) is 12.3. The summed E-state index contributed by atoms with van der Waals surface area (Å²) >= 11 is 0. The van der Waals surface area contributed by atoms with Gasteiger partial charge in [-0.15, -0.1) is 0 Å². The minimum absolute atomic E-state index is 0.0829. The van der Waals surface area contributed by atoms with Crippen LogP contribution in [0.4, 0.5) is 5.69 Å². The number of rotatable bonds is 9. The number of ether oxygens (including phenoxy) is 2. The highest BCUT2D eigenvalue weighted by molar-refractivity contribution is 6.02. The molecule has 6 nitrogen and oxygen atoms in total. The number of carboxylic acids is 1. The molecule has 182 valence electrons. The second kappa shape index (κ2) is 11.2. The van der Waals surface area contributed by atoms with Gasteiger partial charge in [-0.2, -0.15) is 0 Å². The molecule has 0 heterocycles. The Morgan fingerprint density at radius 1 is 0.778 bits per heavy atom. The van der Waals surface area contributed by atoms with E-state index in [-0.39, 0.29) is 17.9 Å². The number of carbonyl (C=O) groups excluding carboxylic acids is 1. The van der Waals surface area contributed by atoms with Gasteiger partial charge in [0.05, 0.1) is 17.7 Å². The first-order valence-electron chi connectivity index (χ1n) is 11.6. The summed E-state index contributed by atoms with van der Waals surface area (Å²) in [5.74, 6) is 0.607. The fourth-order valence-electron chi connectivity index (χ4n) is 3.85. The molecule has 6 heteroatoms. The summed E-state index contributed by atoms with van der Waals surface area (Å²) < 4.78 is 11.8. The van der Waals surface area contributed by atoms with Crippen LogP contribution in [0.2, 0.25) is 0 Å². The molecule has 0 radical (unpaired) electrons. The molecule has 2 N–H and O–H groups in total. The van der Waals surface area contributed by atoms with Crippen molar-refractivity contribution in [2.45, 2.75) is 26.9 Å². The smallest absolute Gasteiger partial charge is 0.337 e. The summed E-state index contributed by atoms with van der Waals surface area (Å²) in [6, 6.07) is 28.0.